The smallest absolute Gasteiger partial charge is 0.406 e. The zero-order valence-corrected chi connectivity index (χ0v) is 11.6. The average molecular weight is 314 g/mol. The number of hydrogen-bond donors (Lipinski definition) is 0. The Morgan fingerprint density at radius 3 is 2.04 bits per heavy atom. The second kappa shape index (κ2) is 6.67. The molecule has 0 aliphatic rings. The minimum Gasteiger partial charge on any atom is -0.406 e. The van der Waals surface area contributed by atoms with Crippen LogP contribution in [-0.2, 0) is 0 Å². The normalized spacial score (nSPS) is 11.4. The SMILES string of the molecule is N#C/C(=C\c1ccc(C#N)cc1)c1ccc(OC(F)(F)F)cc1. The van der Waals surface area contributed by atoms with E-state index < -0.39 is 6.36 Å². The van der Waals surface area contributed by atoms with E-state index in [9.17, 15) is 18.4 Å². The Balaban J connectivity index is 2.25. The van der Waals surface area contributed by atoms with Crippen molar-refractivity contribution in [1.82, 2.24) is 0 Å². The zero-order valence-electron chi connectivity index (χ0n) is 11.6. The minimum absolute atomic E-state index is 0.285. The van der Waals surface area contributed by atoms with Gasteiger partial charge in [-0.1, -0.05) is 12.1 Å². The predicted molar refractivity (Wildman–Crippen MR) is 77.8 cm³/mol. The standard InChI is InChI=1S/C17H9F3N2O/c18-17(19,20)23-16-7-5-14(6-8-16)15(11-22)9-12-1-3-13(10-21)4-2-12/h1-9H/b15-9+. The molecule has 0 amide bonds. The van der Waals surface area contributed by atoms with Gasteiger partial charge in [-0.15, -0.1) is 13.2 Å². The number of halogens is 3. The van der Waals surface area contributed by atoms with Crippen LogP contribution in [0.2, 0.25) is 0 Å². The number of hydrogen-bond acceptors (Lipinski definition) is 3. The van der Waals surface area contributed by atoms with Crippen LogP contribution in [-0.4, -0.2) is 6.36 Å². The van der Waals surface area contributed by atoms with Gasteiger partial charge >= 0.3 is 6.36 Å². The van der Waals surface area contributed by atoms with Crippen molar-refractivity contribution in [2.45, 2.75) is 6.36 Å². The van der Waals surface area contributed by atoms with Crippen LogP contribution in [0.25, 0.3) is 11.6 Å². The molecule has 0 saturated heterocycles. The van der Waals surface area contributed by atoms with Gasteiger partial charge in [0.05, 0.1) is 23.3 Å². The zero-order chi connectivity index (χ0) is 16.9. The highest BCUT2D eigenvalue weighted by molar-refractivity contribution is 5.89. The van der Waals surface area contributed by atoms with E-state index in [0.717, 1.165) is 12.1 Å². The van der Waals surface area contributed by atoms with E-state index in [-0.39, 0.29) is 11.3 Å². The number of rotatable bonds is 3. The van der Waals surface area contributed by atoms with E-state index in [4.69, 9.17) is 5.26 Å². The highest BCUT2D eigenvalue weighted by atomic mass is 19.4. The maximum atomic E-state index is 12.1. The fraction of sp³-hybridized carbons (Fsp3) is 0.0588. The molecular weight excluding hydrogens is 305 g/mol. The van der Waals surface area contributed by atoms with Gasteiger partial charge in [-0.2, -0.15) is 10.5 Å². The van der Waals surface area contributed by atoms with Gasteiger partial charge < -0.3 is 4.74 Å². The number of allylic oxidation sites excluding steroid dienone is 1. The van der Waals surface area contributed by atoms with Gasteiger partial charge in [-0.05, 0) is 53.6 Å². The van der Waals surface area contributed by atoms with E-state index in [1.165, 1.54) is 12.1 Å². The van der Waals surface area contributed by atoms with Gasteiger partial charge in [0, 0.05) is 0 Å². The van der Waals surface area contributed by atoms with Gasteiger partial charge in [0.1, 0.15) is 5.75 Å². The Morgan fingerprint density at radius 2 is 1.57 bits per heavy atom. The third-order valence-electron chi connectivity index (χ3n) is 2.87. The Hall–Kier alpha value is -3.25. The molecule has 0 saturated carbocycles. The van der Waals surface area contributed by atoms with Crippen LogP contribution in [0.1, 0.15) is 16.7 Å². The summed E-state index contributed by atoms with van der Waals surface area (Å²) in [6.07, 6.45) is -3.17. The van der Waals surface area contributed by atoms with Crippen LogP contribution in [0.3, 0.4) is 0 Å². The second-order valence-corrected chi connectivity index (χ2v) is 4.48. The van der Waals surface area contributed by atoms with Crippen molar-refractivity contribution in [3.63, 3.8) is 0 Å². The summed E-state index contributed by atoms with van der Waals surface area (Å²) >= 11 is 0. The fourth-order valence-corrected chi connectivity index (χ4v) is 1.84. The lowest BCUT2D eigenvalue weighted by Gasteiger charge is -2.09. The van der Waals surface area contributed by atoms with E-state index in [2.05, 4.69) is 4.74 Å². The molecule has 0 unspecified atom stereocenters. The molecule has 0 aliphatic heterocycles. The van der Waals surface area contributed by atoms with Gasteiger partial charge in [0.2, 0.25) is 0 Å². The first-order valence-electron chi connectivity index (χ1n) is 6.39. The van der Waals surface area contributed by atoms with Gasteiger partial charge in [-0.3, -0.25) is 0 Å². The molecule has 23 heavy (non-hydrogen) atoms. The molecular formula is C17H9F3N2O. The Bertz CT molecular complexity index is 792. The monoisotopic (exact) mass is 314 g/mol. The van der Waals surface area contributed by atoms with E-state index in [0.29, 0.717) is 16.7 Å². The number of alkyl halides is 3. The lowest BCUT2D eigenvalue weighted by molar-refractivity contribution is -0.274. The fourth-order valence-electron chi connectivity index (χ4n) is 1.84. The first-order valence-corrected chi connectivity index (χ1v) is 6.39. The summed E-state index contributed by atoms with van der Waals surface area (Å²) in [4.78, 5) is 0. The molecule has 2 aromatic carbocycles. The number of ether oxygens (including phenoxy) is 1. The second-order valence-electron chi connectivity index (χ2n) is 4.48. The van der Waals surface area contributed by atoms with Gasteiger partial charge in [-0.25, -0.2) is 0 Å². The molecule has 0 heterocycles. The lowest BCUT2D eigenvalue weighted by Crippen LogP contribution is -2.16. The van der Waals surface area contributed by atoms with Crippen molar-refractivity contribution in [2.75, 3.05) is 0 Å². The molecule has 0 atom stereocenters. The Labute approximate surface area is 130 Å². The molecule has 0 spiro atoms. The van der Waals surface area contributed by atoms with Crippen LogP contribution in [0.4, 0.5) is 13.2 Å². The molecule has 0 aromatic heterocycles. The Morgan fingerprint density at radius 1 is 0.957 bits per heavy atom. The van der Waals surface area contributed by atoms with Crippen molar-refractivity contribution in [1.29, 1.82) is 10.5 Å². The number of nitrogens with zero attached hydrogens (tertiary/aromatic N) is 2. The van der Waals surface area contributed by atoms with Crippen LogP contribution in [0, 0.1) is 22.7 Å². The predicted octanol–water partition coefficient (Wildman–Crippen LogP) is 4.52. The minimum atomic E-state index is -4.75. The molecule has 6 heteroatoms. The third kappa shape index (κ3) is 4.62. The molecule has 2 rings (SSSR count). The topological polar surface area (TPSA) is 56.8 Å². The maximum absolute atomic E-state index is 12.1. The summed E-state index contributed by atoms with van der Waals surface area (Å²) in [6, 6.07) is 15.6. The summed E-state index contributed by atoms with van der Waals surface area (Å²) in [5, 5.41) is 17.9. The number of benzene rings is 2. The Kier molecular flexibility index (Phi) is 4.68. The largest absolute Gasteiger partial charge is 0.573 e. The van der Waals surface area contributed by atoms with Crippen molar-refractivity contribution in [2.24, 2.45) is 0 Å². The first kappa shape index (κ1) is 16.1. The molecule has 114 valence electrons. The quantitative estimate of drug-likeness (QED) is 0.618. The highest BCUT2D eigenvalue weighted by Gasteiger charge is 2.30. The van der Waals surface area contributed by atoms with Crippen molar-refractivity contribution in [3.8, 4) is 17.9 Å². The molecule has 0 bridgehead atoms. The molecule has 0 radical (unpaired) electrons. The summed E-state index contributed by atoms with van der Waals surface area (Å²) in [6.45, 7) is 0. The van der Waals surface area contributed by atoms with Crippen molar-refractivity contribution in [3.05, 3.63) is 65.2 Å². The molecule has 0 N–H and O–H groups in total. The highest BCUT2D eigenvalue weighted by Crippen LogP contribution is 2.25. The van der Waals surface area contributed by atoms with Crippen molar-refractivity contribution < 1.29 is 17.9 Å². The number of nitriles is 2. The van der Waals surface area contributed by atoms with Crippen LogP contribution < -0.4 is 4.74 Å². The van der Waals surface area contributed by atoms with Crippen LogP contribution in [0.5, 0.6) is 5.75 Å². The van der Waals surface area contributed by atoms with E-state index in [1.54, 1.807) is 30.3 Å². The molecule has 0 fully saturated rings. The summed E-state index contributed by atoms with van der Waals surface area (Å²) in [5.41, 5.74) is 1.95. The average Bonchev–Trinajstić information content (AvgIpc) is 2.52. The molecule has 2 aromatic rings. The van der Waals surface area contributed by atoms with Crippen LogP contribution >= 0.6 is 0 Å². The third-order valence-corrected chi connectivity index (χ3v) is 2.87. The van der Waals surface area contributed by atoms with Gasteiger partial charge in [0.25, 0.3) is 0 Å². The lowest BCUT2D eigenvalue weighted by atomic mass is 10.0. The van der Waals surface area contributed by atoms with Crippen LogP contribution in [0.15, 0.2) is 48.5 Å². The summed E-state index contributed by atoms with van der Waals surface area (Å²) < 4.78 is 40.1. The van der Waals surface area contributed by atoms with Gasteiger partial charge in [0.15, 0.2) is 0 Å². The first-order chi connectivity index (χ1) is 10.9. The summed E-state index contributed by atoms with van der Waals surface area (Å²) in [7, 11) is 0. The molecule has 3 nitrogen and oxygen atoms in total. The van der Waals surface area contributed by atoms with E-state index >= 15 is 0 Å². The molecule has 0 aliphatic carbocycles. The maximum Gasteiger partial charge on any atom is 0.573 e. The van der Waals surface area contributed by atoms with E-state index in [1.807, 2.05) is 12.1 Å². The van der Waals surface area contributed by atoms with Crippen molar-refractivity contribution >= 4 is 11.6 Å². The summed E-state index contributed by atoms with van der Waals surface area (Å²) in [5.74, 6) is -0.350.